The molecule has 2 bridgehead atoms. The molecule has 3 rings (SSSR count). The Balaban J connectivity index is 1.91. The van der Waals surface area contributed by atoms with Gasteiger partial charge in [0.2, 0.25) is 0 Å². The van der Waals surface area contributed by atoms with Crippen LogP contribution in [0.2, 0.25) is 10.0 Å². The molecule has 0 saturated carbocycles. The van der Waals surface area contributed by atoms with Crippen molar-refractivity contribution in [3.8, 4) is 0 Å². The summed E-state index contributed by atoms with van der Waals surface area (Å²) < 4.78 is 4.91. The van der Waals surface area contributed by atoms with Crippen molar-refractivity contribution in [3.05, 3.63) is 46.1 Å². The first-order valence-corrected chi connectivity index (χ1v) is 8.48. The molecule has 1 aromatic carbocycles. The maximum absolute atomic E-state index is 12.1. The maximum atomic E-state index is 12.1. The van der Waals surface area contributed by atoms with Crippen LogP contribution in [0.25, 0.3) is 0 Å². The van der Waals surface area contributed by atoms with Gasteiger partial charge in [-0.3, -0.25) is 0 Å². The van der Waals surface area contributed by atoms with Gasteiger partial charge >= 0.3 is 6.09 Å². The van der Waals surface area contributed by atoms with Crippen molar-refractivity contribution in [2.75, 3.05) is 0 Å². The van der Waals surface area contributed by atoms with Crippen LogP contribution in [-0.4, -0.2) is 29.0 Å². The summed E-state index contributed by atoms with van der Waals surface area (Å²) in [5, 5.41) is 12.1. The molecule has 0 spiro atoms. The number of nitrogens with zero attached hydrogens (tertiary/aromatic N) is 1. The Labute approximate surface area is 149 Å². The molecule has 5 nitrogen and oxygen atoms in total. The minimum atomic E-state index is -1.30. The Morgan fingerprint density at radius 2 is 1.88 bits per heavy atom. The van der Waals surface area contributed by atoms with Crippen molar-refractivity contribution in [2.24, 2.45) is 0 Å². The van der Waals surface area contributed by atoms with Crippen LogP contribution in [0.4, 0.5) is 4.79 Å². The second-order valence-corrected chi connectivity index (χ2v) is 6.99. The Kier molecular flexibility index (Phi) is 4.74. The molecule has 24 heavy (non-hydrogen) atoms. The molecule has 128 valence electrons. The molecule has 1 aromatic rings. The second kappa shape index (κ2) is 6.65. The first kappa shape index (κ1) is 17.1. The van der Waals surface area contributed by atoms with Gasteiger partial charge in [0.15, 0.2) is 0 Å². The molecule has 2 atom stereocenters. The summed E-state index contributed by atoms with van der Waals surface area (Å²) in [4.78, 5) is 25.3. The van der Waals surface area contributed by atoms with E-state index in [1.54, 1.807) is 11.0 Å². The van der Waals surface area contributed by atoms with E-state index in [1.165, 1.54) is 6.07 Å². The van der Waals surface area contributed by atoms with Crippen molar-refractivity contribution in [3.63, 3.8) is 0 Å². The summed E-state index contributed by atoms with van der Waals surface area (Å²) in [6.45, 7) is 3.41. The Bertz CT molecular complexity index is 692. The van der Waals surface area contributed by atoms with E-state index < -0.39 is 12.1 Å². The lowest BCUT2D eigenvalue weighted by atomic mass is 9.83. The number of aromatic carboxylic acids is 1. The number of carbonyl (C=O) groups excluding carboxylic acids is 2. The molecule has 0 aliphatic carbocycles. The second-order valence-electron chi connectivity index (χ2n) is 6.15. The number of hydrogen-bond donors (Lipinski definition) is 0. The fraction of sp³-hybridized carbons (Fsp3) is 0.412. The number of ether oxygens (including phenoxy) is 1. The maximum Gasteiger partial charge on any atom is 0.415 e. The summed E-state index contributed by atoms with van der Waals surface area (Å²) in [6, 6.07) is 2.92. The third kappa shape index (κ3) is 2.98. The van der Waals surface area contributed by atoms with E-state index in [0.29, 0.717) is 23.4 Å². The smallest absolute Gasteiger partial charge is 0.415 e. The number of carbonyl (C=O) groups is 2. The Morgan fingerprint density at radius 3 is 2.42 bits per heavy atom. The van der Waals surface area contributed by atoms with E-state index >= 15 is 0 Å². The van der Waals surface area contributed by atoms with Crippen molar-refractivity contribution in [1.29, 1.82) is 0 Å². The number of hydrogen-bond acceptors (Lipinski definition) is 4. The standard InChI is InChI=1S/C17H17Cl2NO4/c1-2-24-17(23)20-11-3-4-12(20)6-9(5-11)15-13(16(21)22)7-10(18)8-14(15)19/h2,7-9,11-12H,1,3-6H2,(H,21,22)/p-1. The summed E-state index contributed by atoms with van der Waals surface area (Å²) in [5.74, 6) is -1.36. The lowest BCUT2D eigenvalue weighted by Gasteiger charge is -2.39. The van der Waals surface area contributed by atoms with Gasteiger partial charge in [0, 0.05) is 27.7 Å². The minimum absolute atomic E-state index is 0.00236. The van der Waals surface area contributed by atoms with Crippen LogP contribution in [0.15, 0.2) is 25.0 Å². The van der Waals surface area contributed by atoms with E-state index in [1.807, 2.05) is 0 Å². The van der Waals surface area contributed by atoms with E-state index in [-0.39, 0.29) is 28.6 Å². The van der Waals surface area contributed by atoms with Gasteiger partial charge in [-0.25, -0.2) is 4.79 Å². The van der Waals surface area contributed by atoms with E-state index in [2.05, 4.69) is 6.58 Å². The van der Waals surface area contributed by atoms with Crippen molar-refractivity contribution in [1.82, 2.24) is 4.90 Å². The first-order chi connectivity index (χ1) is 11.4. The predicted molar refractivity (Wildman–Crippen MR) is 88.1 cm³/mol. The molecule has 2 fully saturated rings. The minimum Gasteiger partial charge on any atom is -0.545 e. The predicted octanol–water partition coefficient (Wildman–Crippen LogP) is 3.35. The molecule has 2 unspecified atom stereocenters. The highest BCUT2D eigenvalue weighted by atomic mass is 35.5. The summed E-state index contributed by atoms with van der Waals surface area (Å²) in [5.41, 5.74) is 0.578. The molecule has 2 saturated heterocycles. The number of amides is 1. The van der Waals surface area contributed by atoms with Gasteiger partial charge in [-0.2, -0.15) is 0 Å². The topological polar surface area (TPSA) is 69.7 Å². The zero-order chi connectivity index (χ0) is 17.4. The summed E-state index contributed by atoms with van der Waals surface area (Å²) in [7, 11) is 0. The quantitative estimate of drug-likeness (QED) is 0.767. The fourth-order valence-electron chi connectivity index (χ4n) is 4.01. The Hall–Kier alpha value is -1.72. The Morgan fingerprint density at radius 1 is 1.25 bits per heavy atom. The van der Waals surface area contributed by atoms with Crippen LogP contribution in [0.5, 0.6) is 0 Å². The lowest BCUT2D eigenvalue weighted by molar-refractivity contribution is -0.255. The molecule has 0 aromatic heterocycles. The lowest BCUT2D eigenvalue weighted by Crippen LogP contribution is -2.46. The molecule has 1 amide bonds. The largest absolute Gasteiger partial charge is 0.545 e. The molecule has 0 N–H and O–H groups in total. The van der Waals surface area contributed by atoms with Gasteiger partial charge in [0.1, 0.15) is 0 Å². The van der Waals surface area contributed by atoms with Gasteiger partial charge in [0.25, 0.3) is 0 Å². The molecular weight excluding hydrogens is 353 g/mol. The number of fused-ring (bicyclic) bond motifs is 2. The van der Waals surface area contributed by atoms with Gasteiger partial charge in [-0.15, -0.1) is 0 Å². The number of benzene rings is 1. The van der Waals surface area contributed by atoms with Crippen LogP contribution in [0, 0.1) is 0 Å². The highest BCUT2D eigenvalue weighted by molar-refractivity contribution is 6.35. The first-order valence-electron chi connectivity index (χ1n) is 7.72. The molecule has 7 heteroatoms. The molecule has 0 radical (unpaired) electrons. The fourth-order valence-corrected chi connectivity index (χ4v) is 4.66. The molecule has 2 heterocycles. The van der Waals surface area contributed by atoms with Crippen LogP contribution in [-0.2, 0) is 4.74 Å². The molecule has 2 aliphatic heterocycles. The van der Waals surface area contributed by atoms with Gasteiger partial charge in [-0.1, -0.05) is 29.8 Å². The van der Waals surface area contributed by atoms with Gasteiger partial charge < -0.3 is 19.5 Å². The number of carboxylic acids is 1. The SMILES string of the molecule is C=COC(=O)N1C2CCC1CC(c1c(Cl)cc(Cl)cc1C(=O)[O-])C2. The average Bonchev–Trinajstić information content (AvgIpc) is 2.77. The van der Waals surface area contributed by atoms with Crippen molar-refractivity contribution < 1.29 is 19.4 Å². The average molecular weight is 369 g/mol. The third-order valence-electron chi connectivity index (χ3n) is 4.85. The van der Waals surface area contributed by atoms with Crippen LogP contribution < -0.4 is 5.11 Å². The number of piperidine rings is 1. The highest BCUT2D eigenvalue weighted by Gasteiger charge is 2.45. The van der Waals surface area contributed by atoms with Crippen molar-refractivity contribution >= 4 is 35.3 Å². The normalized spacial score (nSPS) is 25.4. The summed E-state index contributed by atoms with van der Waals surface area (Å²) in [6.07, 6.45) is 3.70. The molecular formula is C17H16Cl2NO4-. The molecule has 2 aliphatic rings. The monoisotopic (exact) mass is 368 g/mol. The van der Waals surface area contributed by atoms with Gasteiger partial charge in [0.05, 0.1) is 12.2 Å². The zero-order valence-electron chi connectivity index (χ0n) is 12.8. The van der Waals surface area contributed by atoms with Crippen LogP contribution in [0.1, 0.15) is 47.5 Å². The van der Waals surface area contributed by atoms with Crippen LogP contribution >= 0.6 is 23.2 Å². The van der Waals surface area contributed by atoms with Crippen LogP contribution in [0.3, 0.4) is 0 Å². The third-order valence-corrected chi connectivity index (χ3v) is 5.38. The number of carboxylic acid groups (broad SMARTS) is 1. The highest BCUT2D eigenvalue weighted by Crippen LogP contribution is 2.46. The number of halogens is 2. The zero-order valence-corrected chi connectivity index (χ0v) is 14.3. The van der Waals surface area contributed by atoms with E-state index in [0.717, 1.165) is 19.1 Å². The summed E-state index contributed by atoms with van der Waals surface area (Å²) >= 11 is 12.2. The van der Waals surface area contributed by atoms with E-state index in [4.69, 9.17) is 27.9 Å². The van der Waals surface area contributed by atoms with Gasteiger partial charge in [-0.05, 0) is 49.3 Å². The number of rotatable bonds is 3. The van der Waals surface area contributed by atoms with E-state index in [9.17, 15) is 14.7 Å². The van der Waals surface area contributed by atoms with Crippen molar-refractivity contribution in [2.45, 2.75) is 43.7 Å².